The number of hydrogen-bond donors (Lipinski definition) is 2. The van der Waals surface area contributed by atoms with Gasteiger partial charge in [0.1, 0.15) is 0 Å². The molecule has 0 atom stereocenters. The average Bonchev–Trinajstić information content (AvgIpc) is 2.92. The van der Waals surface area contributed by atoms with E-state index in [-0.39, 0.29) is 5.75 Å². The van der Waals surface area contributed by atoms with E-state index in [4.69, 9.17) is 11.6 Å². The second kappa shape index (κ2) is 10.3. The van der Waals surface area contributed by atoms with Crippen molar-refractivity contribution >= 4 is 39.3 Å². The first-order chi connectivity index (χ1) is 12.0. The Kier molecular flexibility index (Phi) is 8.35. The Balaban J connectivity index is 1.72. The van der Waals surface area contributed by atoms with Crippen LogP contribution in [0.2, 0.25) is 5.02 Å². The molecule has 0 saturated carbocycles. The predicted molar refractivity (Wildman–Crippen MR) is 106 cm³/mol. The minimum atomic E-state index is -3.04. The van der Waals surface area contributed by atoms with Crippen molar-refractivity contribution in [2.45, 2.75) is 18.2 Å². The highest BCUT2D eigenvalue weighted by atomic mass is 35.5. The van der Waals surface area contributed by atoms with Crippen LogP contribution in [0, 0.1) is 0 Å². The molecule has 25 heavy (non-hydrogen) atoms. The molecular weight excluding hydrogens is 380 g/mol. The maximum atomic E-state index is 11.8. The molecule has 0 radical (unpaired) electrons. The van der Waals surface area contributed by atoms with Gasteiger partial charge in [0, 0.05) is 41.8 Å². The van der Waals surface area contributed by atoms with Gasteiger partial charge in [0.15, 0.2) is 5.96 Å². The van der Waals surface area contributed by atoms with Crippen molar-refractivity contribution in [3.8, 4) is 0 Å². The molecule has 6 nitrogen and oxygen atoms in total. The summed E-state index contributed by atoms with van der Waals surface area (Å²) in [5.41, 5.74) is 0. The molecule has 0 aliphatic carbocycles. The molecule has 1 saturated heterocycles. The van der Waals surface area contributed by atoms with Crippen molar-refractivity contribution in [3.63, 3.8) is 0 Å². The van der Waals surface area contributed by atoms with E-state index in [0.717, 1.165) is 29.8 Å². The number of nitrogens with zero attached hydrogens (tertiary/aromatic N) is 2. The van der Waals surface area contributed by atoms with Crippen LogP contribution in [0.4, 0.5) is 0 Å². The summed E-state index contributed by atoms with van der Waals surface area (Å²) in [7, 11) is -3.04. The number of benzene rings is 1. The van der Waals surface area contributed by atoms with E-state index < -0.39 is 10.0 Å². The minimum absolute atomic E-state index is 0.261. The van der Waals surface area contributed by atoms with Gasteiger partial charge in [-0.25, -0.2) is 12.7 Å². The maximum absolute atomic E-state index is 11.8. The largest absolute Gasteiger partial charge is 0.357 e. The number of aliphatic imine (C=N–C) groups is 1. The SMILES string of the molecule is CCNC(=NCCN1CCCS1(=O)=O)NCCSc1ccc(Cl)cc1. The molecule has 0 bridgehead atoms. The molecule has 2 N–H and O–H groups in total. The van der Waals surface area contributed by atoms with E-state index >= 15 is 0 Å². The second-order valence-electron chi connectivity index (χ2n) is 5.56. The van der Waals surface area contributed by atoms with Crippen molar-refractivity contribution in [2.24, 2.45) is 4.99 Å². The Hall–Kier alpha value is -0.960. The fourth-order valence-corrected chi connectivity index (χ4v) is 4.84. The standard InChI is InChI=1S/C16H25ClN4O2S2/c1-2-18-16(19-8-11-21-10-3-13-25(21,22)23)20-9-12-24-15-6-4-14(17)5-7-15/h4-7H,2-3,8-13H2,1H3,(H2,18,19,20). The lowest BCUT2D eigenvalue weighted by molar-refractivity contribution is 0.452. The summed E-state index contributed by atoms with van der Waals surface area (Å²) in [5.74, 6) is 1.87. The zero-order chi connectivity index (χ0) is 18.1. The van der Waals surface area contributed by atoms with Crippen LogP contribution in [-0.4, -0.2) is 62.9 Å². The molecule has 9 heteroatoms. The fourth-order valence-electron chi connectivity index (χ4n) is 2.43. The van der Waals surface area contributed by atoms with E-state index in [1.54, 1.807) is 11.8 Å². The number of hydrogen-bond acceptors (Lipinski definition) is 4. The Morgan fingerprint density at radius 2 is 2.08 bits per heavy atom. The van der Waals surface area contributed by atoms with Gasteiger partial charge < -0.3 is 10.6 Å². The summed E-state index contributed by atoms with van der Waals surface area (Å²) in [6, 6.07) is 7.77. The lowest BCUT2D eigenvalue weighted by Gasteiger charge is -2.14. The van der Waals surface area contributed by atoms with Gasteiger partial charge in [-0.3, -0.25) is 4.99 Å². The molecule has 1 fully saturated rings. The molecule has 1 aliphatic heterocycles. The van der Waals surface area contributed by atoms with Crippen LogP contribution in [-0.2, 0) is 10.0 Å². The van der Waals surface area contributed by atoms with Gasteiger partial charge >= 0.3 is 0 Å². The van der Waals surface area contributed by atoms with E-state index in [0.29, 0.717) is 26.1 Å². The van der Waals surface area contributed by atoms with Crippen LogP contribution >= 0.6 is 23.4 Å². The zero-order valence-electron chi connectivity index (χ0n) is 14.4. The van der Waals surface area contributed by atoms with Gasteiger partial charge in [-0.1, -0.05) is 11.6 Å². The minimum Gasteiger partial charge on any atom is -0.357 e. The first-order valence-electron chi connectivity index (χ1n) is 8.39. The Morgan fingerprint density at radius 1 is 1.32 bits per heavy atom. The monoisotopic (exact) mass is 404 g/mol. The smallest absolute Gasteiger partial charge is 0.214 e. The third-order valence-electron chi connectivity index (χ3n) is 3.64. The molecule has 140 valence electrons. The van der Waals surface area contributed by atoms with Crippen molar-refractivity contribution in [3.05, 3.63) is 29.3 Å². The van der Waals surface area contributed by atoms with Crippen LogP contribution in [0.15, 0.2) is 34.2 Å². The van der Waals surface area contributed by atoms with Gasteiger partial charge in [0.25, 0.3) is 0 Å². The topological polar surface area (TPSA) is 73.8 Å². The first-order valence-corrected chi connectivity index (χ1v) is 11.4. The second-order valence-corrected chi connectivity index (χ2v) is 9.25. The van der Waals surface area contributed by atoms with Crippen molar-refractivity contribution in [2.75, 3.05) is 44.2 Å². The van der Waals surface area contributed by atoms with Gasteiger partial charge in [-0.05, 0) is 37.6 Å². The van der Waals surface area contributed by atoms with Crippen LogP contribution < -0.4 is 10.6 Å². The average molecular weight is 405 g/mol. The van der Waals surface area contributed by atoms with Crippen LogP contribution in [0.25, 0.3) is 0 Å². The summed E-state index contributed by atoms with van der Waals surface area (Å²) >= 11 is 7.62. The van der Waals surface area contributed by atoms with Gasteiger partial charge in [0.2, 0.25) is 10.0 Å². The molecule has 0 unspecified atom stereocenters. The van der Waals surface area contributed by atoms with E-state index in [1.165, 1.54) is 9.20 Å². The fraction of sp³-hybridized carbons (Fsp3) is 0.562. The molecule has 0 aromatic heterocycles. The Morgan fingerprint density at radius 3 is 2.72 bits per heavy atom. The van der Waals surface area contributed by atoms with Gasteiger partial charge in [-0.2, -0.15) is 0 Å². The van der Waals surface area contributed by atoms with Crippen LogP contribution in [0.1, 0.15) is 13.3 Å². The molecule has 1 heterocycles. The maximum Gasteiger partial charge on any atom is 0.214 e. The highest BCUT2D eigenvalue weighted by Gasteiger charge is 2.27. The number of nitrogens with one attached hydrogen (secondary N) is 2. The first kappa shape index (κ1) is 20.4. The van der Waals surface area contributed by atoms with Crippen LogP contribution in [0.5, 0.6) is 0 Å². The molecule has 2 rings (SSSR count). The molecule has 1 aliphatic rings. The third-order valence-corrected chi connectivity index (χ3v) is 6.87. The third kappa shape index (κ3) is 7.05. The van der Waals surface area contributed by atoms with E-state index in [1.807, 2.05) is 31.2 Å². The number of rotatable bonds is 8. The van der Waals surface area contributed by atoms with Gasteiger partial charge in [0.05, 0.1) is 12.3 Å². The van der Waals surface area contributed by atoms with Crippen LogP contribution in [0.3, 0.4) is 0 Å². The van der Waals surface area contributed by atoms with E-state index in [2.05, 4.69) is 15.6 Å². The summed E-state index contributed by atoms with van der Waals surface area (Å²) in [6.07, 6.45) is 0.715. The quantitative estimate of drug-likeness (QED) is 0.300. The summed E-state index contributed by atoms with van der Waals surface area (Å²) in [4.78, 5) is 5.63. The highest BCUT2D eigenvalue weighted by molar-refractivity contribution is 7.99. The molecule has 0 spiro atoms. The molecule has 1 aromatic rings. The Bertz CT molecular complexity index is 665. The number of halogens is 1. The molecule has 1 aromatic carbocycles. The molecule has 0 amide bonds. The number of sulfonamides is 1. The zero-order valence-corrected chi connectivity index (χ0v) is 16.8. The highest BCUT2D eigenvalue weighted by Crippen LogP contribution is 2.19. The lowest BCUT2D eigenvalue weighted by atomic mass is 10.4. The van der Waals surface area contributed by atoms with E-state index in [9.17, 15) is 8.42 Å². The normalized spacial score (nSPS) is 17.6. The van der Waals surface area contributed by atoms with Gasteiger partial charge in [-0.15, -0.1) is 11.8 Å². The predicted octanol–water partition coefficient (Wildman–Crippen LogP) is 2.02. The Labute approximate surface area is 159 Å². The lowest BCUT2D eigenvalue weighted by Crippen LogP contribution is -2.39. The summed E-state index contributed by atoms with van der Waals surface area (Å²) in [6.45, 7) is 5.04. The van der Waals surface area contributed by atoms with Crippen molar-refractivity contribution < 1.29 is 8.42 Å². The number of thioether (sulfide) groups is 1. The summed E-state index contributed by atoms with van der Waals surface area (Å²) in [5, 5.41) is 7.19. The number of guanidine groups is 1. The van der Waals surface area contributed by atoms with Crippen molar-refractivity contribution in [1.29, 1.82) is 0 Å². The van der Waals surface area contributed by atoms with Crippen molar-refractivity contribution in [1.82, 2.24) is 14.9 Å². The molecular formula is C16H25ClN4O2S2. The summed E-state index contributed by atoms with van der Waals surface area (Å²) < 4.78 is 25.1.